The first-order chi connectivity index (χ1) is 6.25. The third-order valence-electron chi connectivity index (χ3n) is 2.32. The van der Waals surface area contributed by atoms with Crippen molar-refractivity contribution in [1.29, 1.82) is 0 Å². The van der Waals surface area contributed by atoms with Crippen molar-refractivity contribution >= 4 is 0 Å². The van der Waals surface area contributed by atoms with Crippen LogP contribution in [0.4, 0.5) is 0 Å². The lowest BCUT2D eigenvalue weighted by atomic mass is 9.99. The fourth-order valence-corrected chi connectivity index (χ4v) is 1.26. The third kappa shape index (κ3) is 4.07. The second-order valence-corrected chi connectivity index (χ2v) is 4.43. The van der Waals surface area contributed by atoms with E-state index in [9.17, 15) is 5.11 Å². The van der Waals surface area contributed by atoms with Crippen LogP contribution in [0.15, 0.2) is 25.3 Å². The van der Waals surface area contributed by atoms with Gasteiger partial charge in [-0.25, -0.2) is 0 Å². The van der Waals surface area contributed by atoms with Crippen molar-refractivity contribution in [3.8, 4) is 0 Å². The van der Waals surface area contributed by atoms with Crippen molar-refractivity contribution in [2.75, 3.05) is 0 Å². The first-order valence-corrected chi connectivity index (χ1v) is 4.91. The summed E-state index contributed by atoms with van der Waals surface area (Å²) in [5, 5.41) is 10.0. The summed E-state index contributed by atoms with van der Waals surface area (Å²) in [6, 6.07) is 0. The van der Waals surface area contributed by atoms with E-state index in [1.165, 1.54) is 0 Å². The molecule has 0 amide bonds. The van der Waals surface area contributed by atoms with Gasteiger partial charge in [0.2, 0.25) is 0 Å². The standard InChI is InChI=1S/C12H22O2/c1-7-9-11(4,5)14-12(6,13)10(3)8-2/h7-8,10,13H,1-2,9H2,3-6H3. The average Bonchev–Trinajstić information content (AvgIpc) is 2.00. The van der Waals surface area contributed by atoms with Gasteiger partial charge in [-0.15, -0.1) is 13.2 Å². The van der Waals surface area contributed by atoms with Gasteiger partial charge >= 0.3 is 0 Å². The number of ether oxygens (including phenoxy) is 1. The molecule has 0 spiro atoms. The van der Waals surface area contributed by atoms with Gasteiger partial charge in [-0.3, -0.25) is 0 Å². The molecule has 0 bridgehead atoms. The third-order valence-corrected chi connectivity index (χ3v) is 2.32. The Labute approximate surface area is 87.3 Å². The lowest BCUT2D eigenvalue weighted by Gasteiger charge is -2.37. The molecule has 14 heavy (non-hydrogen) atoms. The second kappa shape index (κ2) is 4.76. The van der Waals surface area contributed by atoms with Crippen LogP contribution in [0.5, 0.6) is 0 Å². The van der Waals surface area contributed by atoms with Gasteiger partial charge in [0.15, 0.2) is 5.79 Å². The van der Waals surface area contributed by atoms with Crippen LogP contribution >= 0.6 is 0 Å². The largest absolute Gasteiger partial charge is 0.365 e. The molecule has 0 saturated carbocycles. The summed E-state index contributed by atoms with van der Waals surface area (Å²) in [4.78, 5) is 0. The van der Waals surface area contributed by atoms with Crippen LogP contribution in [-0.2, 0) is 4.74 Å². The molecule has 0 fully saturated rings. The zero-order valence-corrected chi connectivity index (χ0v) is 9.71. The summed E-state index contributed by atoms with van der Waals surface area (Å²) < 4.78 is 5.63. The Bertz CT molecular complexity index is 204. The van der Waals surface area contributed by atoms with Gasteiger partial charge in [-0.2, -0.15) is 0 Å². The van der Waals surface area contributed by atoms with Gasteiger partial charge in [0.1, 0.15) is 0 Å². The van der Waals surface area contributed by atoms with Crippen molar-refractivity contribution in [2.24, 2.45) is 5.92 Å². The summed E-state index contributed by atoms with van der Waals surface area (Å²) >= 11 is 0. The molecule has 0 aromatic heterocycles. The molecule has 0 aliphatic rings. The van der Waals surface area contributed by atoms with Crippen LogP contribution in [-0.4, -0.2) is 16.5 Å². The van der Waals surface area contributed by atoms with Gasteiger partial charge in [-0.1, -0.05) is 19.1 Å². The predicted molar refractivity (Wildman–Crippen MR) is 60.0 cm³/mol. The Balaban J connectivity index is 4.47. The van der Waals surface area contributed by atoms with Gasteiger partial charge in [0, 0.05) is 5.92 Å². The minimum absolute atomic E-state index is 0.105. The van der Waals surface area contributed by atoms with Crippen LogP contribution in [0.2, 0.25) is 0 Å². The highest BCUT2D eigenvalue weighted by molar-refractivity contribution is 4.88. The minimum Gasteiger partial charge on any atom is -0.365 e. The van der Waals surface area contributed by atoms with Gasteiger partial charge in [0.25, 0.3) is 0 Å². The molecule has 1 N–H and O–H groups in total. The summed E-state index contributed by atoms with van der Waals surface area (Å²) in [6.07, 6.45) is 4.17. The predicted octanol–water partition coefficient (Wildman–Crippen LogP) is 2.89. The topological polar surface area (TPSA) is 29.5 Å². The molecule has 2 atom stereocenters. The zero-order chi connectivity index (χ0) is 11.4. The van der Waals surface area contributed by atoms with Crippen LogP contribution in [0, 0.1) is 5.92 Å². The number of hydrogen-bond donors (Lipinski definition) is 1. The van der Waals surface area contributed by atoms with Gasteiger partial charge in [-0.05, 0) is 27.2 Å². The molecule has 0 aliphatic heterocycles. The molecular formula is C12H22O2. The molecule has 0 aromatic carbocycles. The maximum atomic E-state index is 10.0. The van der Waals surface area contributed by atoms with Crippen molar-refractivity contribution < 1.29 is 9.84 Å². The Kier molecular flexibility index (Phi) is 4.56. The maximum Gasteiger partial charge on any atom is 0.169 e. The molecule has 0 heterocycles. The minimum atomic E-state index is -1.17. The van der Waals surface area contributed by atoms with Crippen molar-refractivity contribution in [3.05, 3.63) is 25.3 Å². The fourth-order valence-electron chi connectivity index (χ4n) is 1.26. The molecule has 2 unspecified atom stereocenters. The van der Waals surface area contributed by atoms with Crippen molar-refractivity contribution in [2.45, 2.75) is 45.5 Å². The first kappa shape index (κ1) is 13.4. The van der Waals surface area contributed by atoms with Crippen molar-refractivity contribution in [1.82, 2.24) is 0 Å². The lowest BCUT2D eigenvalue weighted by molar-refractivity contribution is -0.262. The first-order valence-electron chi connectivity index (χ1n) is 4.91. The molecular weight excluding hydrogens is 176 g/mol. The van der Waals surface area contributed by atoms with Gasteiger partial charge < -0.3 is 9.84 Å². The van der Waals surface area contributed by atoms with E-state index in [4.69, 9.17) is 4.74 Å². The van der Waals surface area contributed by atoms with Crippen LogP contribution < -0.4 is 0 Å². The zero-order valence-electron chi connectivity index (χ0n) is 9.71. The normalized spacial score (nSPS) is 18.4. The molecule has 0 saturated heterocycles. The van der Waals surface area contributed by atoms with Gasteiger partial charge in [0.05, 0.1) is 5.60 Å². The van der Waals surface area contributed by atoms with E-state index in [2.05, 4.69) is 13.2 Å². The molecule has 82 valence electrons. The summed E-state index contributed by atoms with van der Waals surface area (Å²) in [6.45, 7) is 14.7. The average molecular weight is 198 g/mol. The van der Waals surface area contributed by atoms with E-state index in [-0.39, 0.29) is 5.92 Å². The highest BCUT2D eigenvalue weighted by Gasteiger charge is 2.33. The monoisotopic (exact) mass is 198 g/mol. The van der Waals surface area contributed by atoms with E-state index in [1.807, 2.05) is 20.8 Å². The Morgan fingerprint density at radius 3 is 2.21 bits per heavy atom. The molecule has 0 rings (SSSR count). The van der Waals surface area contributed by atoms with Crippen LogP contribution in [0.3, 0.4) is 0 Å². The van der Waals surface area contributed by atoms with Crippen LogP contribution in [0.25, 0.3) is 0 Å². The second-order valence-electron chi connectivity index (χ2n) is 4.43. The lowest BCUT2D eigenvalue weighted by Crippen LogP contribution is -2.43. The quantitative estimate of drug-likeness (QED) is 0.525. The van der Waals surface area contributed by atoms with E-state index >= 15 is 0 Å². The Hall–Kier alpha value is -0.600. The maximum absolute atomic E-state index is 10.0. The number of rotatable bonds is 6. The highest BCUT2D eigenvalue weighted by atomic mass is 16.6. The van der Waals surface area contributed by atoms with E-state index < -0.39 is 11.4 Å². The smallest absolute Gasteiger partial charge is 0.169 e. The van der Waals surface area contributed by atoms with E-state index in [0.29, 0.717) is 6.42 Å². The van der Waals surface area contributed by atoms with E-state index in [0.717, 1.165) is 0 Å². The van der Waals surface area contributed by atoms with E-state index in [1.54, 1.807) is 19.1 Å². The summed E-state index contributed by atoms with van der Waals surface area (Å²) in [7, 11) is 0. The molecule has 2 heteroatoms. The fraction of sp³-hybridized carbons (Fsp3) is 0.667. The Morgan fingerprint density at radius 1 is 1.36 bits per heavy atom. The number of aliphatic hydroxyl groups is 1. The summed E-state index contributed by atoms with van der Waals surface area (Å²) in [5.74, 6) is -1.28. The molecule has 0 aromatic rings. The molecule has 0 radical (unpaired) electrons. The number of hydrogen-bond acceptors (Lipinski definition) is 2. The Morgan fingerprint density at radius 2 is 1.86 bits per heavy atom. The van der Waals surface area contributed by atoms with Crippen molar-refractivity contribution in [3.63, 3.8) is 0 Å². The molecule has 2 nitrogen and oxygen atoms in total. The molecule has 0 aliphatic carbocycles. The SMILES string of the molecule is C=CCC(C)(C)OC(C)(O)C(C)C=C. The highest BCUT2D eigenvalue weighted by Crippen LogP contribution is 2.27. The summed E-state index contributed by atoms with van der Waals surface area (Å²) in [5.41, 5.74) is -0.400. The van der Waals surface area contributed by atoms with Crippen LogP contribution in [0.1, 0.15) is 34.1 Å².